The summed E-state index contributed by atoms with van der Waals surface area (Å²) >= 11 is 0. The monoisotopic (exact) mass is 206 g/mol. The van der Waals surface area contributed by atoms with E-state index in [1.54, 1.807) is 0 Å². The van der Waals surface area contributed by atoms with Crippen LogP contribution in [0, 0.1) is 13.8 Å². The van der Waals surface area contributed by atoms with E-state index in [1.807, 2.05) is 13.8 Å². The number of phenolic OH excluding ortho intramolecular Hbond substituents is 1. The standard InChI is InChI=1S/C14H22O/c1-6-14(5,7-2)12-8-10(3)13(15)11(4)9-12/h8-9,15H,6-7H2,1-5H3. The molecule has 0 aromatic heterocycles. The van der Waals surface area contributed by atoms with Crippen LogP contribution in [0.1, 0.15) is 50.3 Å². The van der Waals surface area contributed by atoms with Crippen molar-refractivity contribution in [3.8, 4) is 5.75 Å². The summed E-state index contributed by atoms with van der Waals surface area (Å²) in [7, 11) is 0. The Hall–Kier alpha value is -0.980. The first kappa shape index (κ1) is 12.1. The third kappa shape index (κ3) is 2.17. The first-order valence-electron chi connectivity index (χ1n) is 5.75. The highest BCUT2D eigenvalue weighted by Crippen LogP contribution is 2.34. The largest absolute Gasteiger partial charge is 0.507 e. The zero-order valence-corrected chi connectivity index (χ0v) is 10.5. The average Bonchev–Trinajstić information content (AvgIpc) is 2.24. The van der Waals surface area contributed by atoms with E-state index in [9.17, 15) is 5.11 Å². The van der Waals surface area contributed by atoms with Crippen molar-refractivity contribution in [3.63, 3.8) is 0 Å². The van der Waals surface area contributed by atoms with Gasteiger partial charge in [-0.1, -0.05) is 32.9 Å². The van der Waals surface area contributed by atoms with E-state index in [1.165, 1.54) is 5.56 Å². The Balaban J connectivity index is 3.27. The van der Waals surface area contributed by atoms with Crippen LogP contribution in [0.15, 0.2) is 12.1 Å². The Morgan fingerprint density at radius 2 is 1.47 bits per heavy atom. The van der Waals surface area contributed by atoms with Crippen molar-refractivity contribution in [1.29, 1.82) is 0 Å². The second-order valence-electron chi connectivity index (χ2n) is 4.73. The molecule has 0 aliphatic carbocycles. The molecule has 1 nitrogen and oxygen atoms in total. The maximum atomic E-state index is 9.74. The minimum absolute atomic E-state index is 0.239. The summed E-state index contributed by atoms with van der Waals surface area (Å²) < 4.78 is 0. The second-order valence-corrected chi connectivity index (χ2v) is 4.73. The Bertz CT molecular complexity index is 325. The Morgan fingerprint density at radius 3 is 1.80 bits per heavy atom. The van der Waals surface area contributed by atoms with Gasteiger partial charge in [0.1, 0.15) is 5.75 Å². The van der Waals surface area contributed by atoms with Gasteiger partial charge in [-0.15, -0.1) is 0 Å². The molecule has 0 radical (unpaired) electrons. The molecule has 0 unspecified atom stereocenters. The fraction of sp³-hybridized carbons (Fsp3) is 0.571. The lowest BCUT2D eigenvalue weighted by Gasteiger charge is -2.28. The van der Waals surface area contributed by atoms with Crippen LogP contribution in [0.5, 0.6) is 5.75 Å². The summed E-state index contributed by atoms with van der Waals surface area (Å²) in [6.07, 6.45) is 2.26. The molecule has 84 valence electrons. The third-order valence-corrected chi connectivity index (χ3v) is 3.75. The lowest BCUT2D eigenvalue weighted by Crippen LogP contribution is -2.19. The van der Waals surface area contributed by atoms with Crippen LogP contribution in [0.3, 0.4) is 0 Å². The SMILES string of the molecule is CCC(C)(CC)c1cc(C)c(O)c(C)c1. The van der Waals surface area contributed by atoms with Gasteiger partial charge in [-0.25, -0.2) is 0 Å². The number of hydrogen-bond donors (Lipinski definition) is 1. The summed E-state index contributed by atoms with van der Waals surface area (Å²) in [4.78, 5) is 0. The van der Waals surface area contributed by atoms with Crippen LogP contribution in [0.4, 0.5) is 0 Å². The number of hydrogen-bond acceptors (Lipinski definition) is 1. The van der Waals surface area contributed by atoms with Crippen molar-refractivity contribution in [2.45, 2.75) is 52.9 Å². The van der Waals surface area contributed by atoms with Gasteiger partial charge >= 0.3 is 0 Å². The summed E-state index contributed by atoms with van der Waals surface area (Å²) in [6.45, 7) is 10.7. The van der Waals surface area contributed by atoms with Crippen LogP contribution in [0.25, 0.3) is 0 Å². The molecule has 0 spiro atoms. The molecule has 0 atom stereocenters. The van der Waals surface area contributed by atoms with Crippen molar-refractivity contribution in [1.82, 2.24) is 0 Å². The molecule has 0 saturated heterocycles. The average molecular weight is 206 g/mol. The van der Waals surface area contributed by atoms with Crippen LogP contribution in [-0.2, 0) is 5.41 Å². The summed E-state index contributed by atoms with van der Waals surface area (Å²) in [5.74, 6) is 0.438. The summed E-state index contributed by atoms with van der Waals surface area (Å²) in [6, 6.07) is 4.24. The highest BCUT2D eigenvalue weighted by molar-refractivity contribution is 5.44. The molecular formula is C14H22O. The number of phenols is 1. The van der Waals surface area contributed by atoms with Crippen LogP contribution in [0.2, 0.25) is 0 Å². The van der Waals surface area contributed by atoms with Crippen molar-refractivity contribution in [2.75, 3.05) is 0 Å². The van der Waals surface area contributed by atoms with Gasteiger partial charge in [0.15, 0.2) is 0 Å². The van der Waals surface area contributed by atoms with Gasteiger partial charge in [0.2, 0.25) is 0 Å². The fourth-order valence-corrected chi connectivity index (χ4v) is 1.96. The predicted molar refractivity (Wildman–Crippen MR) is 65.5 cm³/mol. The second kappa shape index (κ2) is 4.26. The Labute approximate surface area is 93.1 Å². The predicted octanol–water partition coefficient (Wildman–Crippen LogP) is 4.09. The third-order valence-electron chi connectivity index (χ3n) is 3.75. The number of aromatic hydroxyl groups is 1. The highest BCUT2D eigenvalue weighted by Gasteiger charge is 2.23. The van der Waals surface area contributed by atoms with E-state index >= 15 is 0 Å². The smallest absolute Gasteiger partial charge is 0.121 e. The topological polar surface area (TPSA) is 20.2 Å². The zero-order chi connectivity index (χ0) is 11.6. The number of rotatable bonds is 3. The molecular weight excluding hydrogens is 184 g/mol. The van der Waals surface area contributed by atoms with Gasteiger partial charge in [-0.05, 0) is 48.8 Å². The molecule has 15 heavy (non-hydrogen) atoms. The fourth-order valence-electron chi connectivity index (χ4n) is 1.96. The summed E-state index contributed by atoms with van der Waals surface area (Å²) in [5, 5.41) is 9.74. The molecule has 0 bridgehead atoms. The van der Waals surface area contributed by atoms with Gasteiger partial charge in [0.05, 0.1) is 0 Å². The molecule has 1 rings (SSSR count). The van der Waals surface area contributed by atoms with Gasteiger partial charge in [-0.2, -0.15) is 0 Å². The van der Waals surface area contributed by atoms with Crippen molar-refractivity contribution < 1.29 is 5.11 Å². The number of benzene rings is 1. The highest BCUT2D eigenvalue weighted by atomic mass is 16.3. The van der Waals surface area contributed by atoms with E-state index in [2.05, 4.69) is 32.9 Å². The number of aryl methyl sites for hydroxylation is 2. The molecule has 0 amide bonds. The zero-order valence-electron chi connectivity index (χ0n) is 10.5. The Morgan fingerprint density at radius 1 is 1.07 bits per heavy atom. The Kier molecular flexibility index (Phi) is 3.43. The van der Waals surface area contributed by atoms with Gasteiger partial charge in [0.25, 0.3) is 0 Å². The molecule has 1 N–H and O–H groups in total. The van der Waals surface area contributed by atoms with Gasteiger partial charge in [-0.3, -0.25) is 0 Å². The molecule has 1 aromatic rings. The van der Waals surface area contributed by atoms with Crippen molar-refractivity contribution in [2.24, 2.45) is 0 Å². The first-order chi connectivity index (χ1) is 6.94. The minimum atomic E-state index is 0.239. The van der Waals surface area contributed by atoms with Crippen LogP contribution in [-0.4, -0.2) is 5.11 Å². The van der Waals surface area contributed by atoms with Crippen molar-refractivity contribution >= 4 is 0 Å². The lowest BCUT2D eigenvalue weighted by atomic mass is 9.77. The molecule has 0 heterocycles. The first-order valence-corrected chi connectivity index (χ1v) is 5.75. The molecule has 0 aliphatic heterocycles. The van der Waals surface area contributed by atoms with E-state index in [0.29, 0.717) is 5.75 Å². The van der Waals surface area contributed by atoms with Gasteiger partial charge < -0.3 is 5.11 Å². The van der Waals surface area contributed by atoms with Crippen LogP contribution < -0.4 is 0 Å². The van der Waals surface area contributed by atoms with Crippen molar-refractivity contribution in [3.05, 3.63) is 28.8 Å². The van der Waals surface area contributed by atoms with E-state index in [4.69, 9.17) is 0 Å². The quantitative estimate of drug-likeness (QED) is 0.789. The normalized spacial score (nSPS) is 11.8. The molecule has 0 aliphatic rings. The lowest BCUT2D eigenvalue weighted by molar-refractivity contribution is 0.433. The van der Waals surface area contributed by atoms with E-state index in [0.717, 1.165) is 24.0 Å². The molecule has 1 aromatic carbocycles. The molecule has 1 heteroatoms. The van der Waals surface area contributed by atoms with E-state index < -0.39 is 0 Å². The van der Waals surface area contributed by atoms with E-state index in [-0.39, 0.29) is 5.41 Å². The van der Waals surface area contributed by atoms with Crippen LogP contribution >= 0.6 is 0 Å². The minimum Gasteiger partial charge on any atom is -0.507 e. The maximum absolute atomic E-state index is 9.74. The maximum Gasteiger partial charge on any atom is 0.121 e. The summed E-state index contributed by atoms with van der Waals surface area (Å²) in [5.41, 5.74) is 3.56. The molecule has 0 fully saturated rings. The van der Waals surface area contributed by atoms with Gasteiger partial charge in [0, 0.05) is 0 Å². The molecule has 0 saturated carbocycles.